The zero-order valence-electron chi connectivity index (χ0n) is 11.7. The molecule has 1 aromatic heterocycles. The second-order valence-electron chi connectivity index (χ2n) is 5.90. The molecule has 2 rings (SSSR count). The Morgan fingerprint density at radius 2 is 1.58 bits per heavy atom. The van der Waals surface area contributed by atoms with E-state index in [1.807, 2.05) is 12.4 Å². The van der Waals surface area contributed by atoms with Crippen molar-refractivity contribution in [3.8, 4) is 0 Å². The van der Waals surface area contributed by atoms with Gasteiger partial charge in [-0.1, -0.05) is 61.0 Å². The first-order valence-electron chi connectivity index (χ1n) is 6.60. The summed E-state index contributed by atoms with van der Waals surface area (Å²) in [6, 6.07) is 13.0. The Morgan fingerprint density at radius 3 is 2.11 bits per heavy atom. The second-order valence-corrected chi connectivity index (χ2v) is 7.00. The monoisotopic (exact) mass is 317 g/mol. The highest BCUT2D eigenvalue weighted by molar-refractivity contribution is 9.09. The van der Waals surface area contributed by atoms with Gasteiger partial charge < -0.3 is 0 Å². The molecule has 0 saturated heterocycles. The minimum Gasteiger partial charge on any atom is -0.265 e. The van der Waals surface area contributed by atoms with Crippen molar-refractivity contribution in [1.82, 2.24) is 4.98 Å². The summed E-state index contributed by atoms with van der Waals surface area (Å²) in [4.78, 5) is 4.40. The Morgan fingerprint density at radius 1 is 1.00 bits per heavy atom. The topological polar surface area (TPSA) is 12.9 Å². The minimum absolute atomic E-state index is 0.214. The van der Waals surface area contributed by atoms with Crippen LogP contribution in [0.4, 0.5) is 0 Å². The average molecular weight is 318 g/mol. The lowest BCUT2D eigenvalue weighted by molar-refractivity contribution is 0.590. The van der Waals surface area contributed by atoms with E-state index in [2.05, 4.69) is 78.1 Å². The predicted octanol–water partition coefficient (Wildman–Crippen LogP) is 5.06. The molecule has 0 fully saturated rings. The maximum Gasteiger partial charge on any atom is 0.0435 e. The molecule has 0 N–H and O–H groups in total. The molecule has 0 bridgehead atoms. The predicted molar refractivity (Wildman–Crippen MR) is 84.8 cm³/mol. The zero-order chi connectivity index (χ0) is 13.9. The van der Waals surface area contributed by atoms with Crippen LogP contribution in [0.5, 0.6) is 0 Å². The van der Waals surface area contributed by atoms with Crippen LogP contribution in [-0.2, 0) is 11.8 Å². The van der Waals surface area contributed by atoms with Crippen molar-refractivity contribution >= 4 is 15.9 Å². The smallest absolute Gasteiger partial charge is 0.0435 e. The molecule has 1 atom stereocenters. The summed E-state index contributed by atoms with van der Waals surface area (Å²) in [5.74, 6) is 0. The van der Waals surface area contributed by atoms with Gasteiger partial charge >= 0.3 is 0 Å². The van der Waals surface area contributed by atoms with E-state index in [-0.39, 0.29) is 5.41 Å². The molecule has 0 aliphatic rings. The van der Waals surface area contributed by atoms with E-state index < -0.39 is 0 Å². The molecule has 0 aliphatic carbocycles. The largest absolute Gasteiger partial charge is 0.265 e. The molecule has 2 heteroatoms. The molecule has 1 heterocycles. The van der Waals surface area contributed by atoms with E-state index in [0.717, 1.165) is 6.42 Å². The zero-order valence-corrected chi connectivity index (χ0v) is 13.3. The van der Waals surface area contributed by atoms with Gasteiger partial charge in [0.1, 0.15) is 0 Å². The normalized spacial score (nSPS) is 13.3. The fourth-order valence-corrected chi connectivity index (χ4v) is 2.71. The molecule has 0 aliphatic heterocycles. The maximum absolute atomic E-state index is 4.05. The van der Waals surface area contributed by atoms with E-state index in [0.29, 0.717) is 4.83 Å². The van der Waals surface area contributed by atoms with Crippen LogP contribution in [0.3, 0.4) is 0 Å². The third-order valence-electron chi connectivity index (χ3n) is 3.30. The first-order chi connectivity index (χ1) is 8.97. The summed E-state index contributed by atoms with van der Waals surface area (Å²) in [5.41, 5.74) is 4.22. The summed E-state index contributed by atoms with van der Waals surface area (Å²) in [5, 5.41) is 0. The van der Waals surface area contributed by atoms with Crippen LogP contribution < -0.4 is 0 Å². The van der Waals surface area contributed by atoms with E-state index in [4.69, 9.17) is 0 Å². The molecule has 19 heavy (non-hydrogen) atoms. The van der Waals surface area contributed by atoms with Crippen LogP contribution in [0.15, 0.2) is 48.8 Å². The van der Waals surface area contributed by atoms with Gasteiger partial charge in [0.25, 0.3) is 0 Å². The lowest BCUT2D eigenvalue weighted by Gasteiger charge is -2.20. The van der Waals surface area contributed by atoms with Gasteiger partial charge in [0.05, 0.1) is 0 Å². The molecule has 1 nitrogen and oxygen atoms in total. The number of pyridine rings is 1. The van der Waals surface area contributed by atoms with Crippen LogP contribution in [-0.4, -0.2) is 4.98 Å². The first-order valence-corrected chi connectivity index (χ1v) is 7.52. The quantitative estimate of drug-likeness (QED) is 0.721. The number of hydrogen-bond donors (Lipinski definition) is 0. The van der Waals surface area contributed by atoms with Gasteiger partial charge in [0.2, 0.25) is 0 Å². The van der Waals surface area contributed by atoms with Crippen molar-refractivity contribution in [2.24, 2.45) is 0 Å². The molecule has 1 aromatic carbocycles. The summed E-state index contributed by atoms with van der Waals surface area (Å²) >= 11 is 3.78. The average Bonchev–Trinajstić information content (AvgIpc) is 2.39. The molecule has 0 radical (unpaired) electrons. The fraction of sp³-hybridized carbons (Fsp3) is 0.353. The highest BCUT2D eigenvalue weighted by Crippen LogP contribution is 2.29. The summed E-state index contributed by atoms with van der Waals surface area (Å²) in [7, 11) is 0. The van der Waals surface area contributed by atoms with Gasteiger partial charge in [0, 0.05) is 17.2 Å². The SMILES string of the molecule is CC(C)(C)c1ccc(C(Br)Cc2ccncc2)cc1. The van der Waals surface area contributed by atoms with Crippen LogP contribution in [0.25, 0.3) is 0 Å². The van der Waals surface area contributed by atoms with Crippen molar-refractivity contribution in [3.05, 3.63) is 65.5 Å². The Kier molecular flexibility index (Phi) is 4.41. The van der Waals surface area contributed by atoms with Crippen LogP contribution in [0.1, 0.15) is 42.3 Å². The number of rotatable bonds is 3. The number of aromatic nitrogens is 1. The van der Waals surface area contributed by atoms with Gasteiger partial charge in [-0.3, -0.25) is 4.98 Å². The van der Waals surface area contributed by atoms with Gasteiger partial charge in [-0.25, -0.2) is 0 Å². The Hall–Kier alpha value is -1.15. The summed E-state index contributed by atoms with van der Waals surface area (Å²) in [6.07, 6.45) is 4.67. The summed E-state index contributed by atoms with van der Waals surface area (Å²) in [6.45, 7) is 6.72. The van der Waals surface area contributed by atoms with Crippen molar-refractivity contribution in [2.75, 3.05) is 0 Å². The fourth-order valence-electron chi connectivity index (χ4n) is 2.04. The third kappa shape index (κ3) is 3.90. The highest BCUT2D eigenvalue weighted by Gasteiger charge is 2.14. The van der Waals surface area contributed by atoms with Gasteiger partial charge in [-0.2, -0.15) is 0 Å². The Bertz CT molecular complexity index is 511. The molecule has 0 amide bonds. The molecular formula is C17H20BrN. The Balaban J connectivity index is 2.10. The van der Waals surface area contributed by atoms with Crippen LogP contribution >= 0.6 is 15.9 Å². The Labute approximate surface area is 124 Å². The van der Waals surface area contributed by atoms with E-state index >= 15 is 0 Å². The van der Waals surface area contributed by atoms with Crippen LogP contribution in [0, 0.1) is 0 Å². The van der Waals surface area contributed by atoms with E-state index in [1.165, 1.54) is 16.7 Å². The lowest BCUT2D eigenvalue weighted by atomic mass is 9.86. The number of benzene rings is 1. The molecule has 1 unspecified atom stereocenters. The maximum atomic E-state index is 4.05. The molecule has 100 valence electrons. The number of nitrogens with zero attached hydrogens (tertiary/aromatic N) is 1. The molecule has 0 spiro atoms. The second kappa shape index (κ2) is 5.87. The molecule has 2 aromatic rings. The minimum atomic E-state index is 0.214. The lowest BCUT2D eigenvalue weighted by Crippen LogP contribution is -2.10. The standard InChI is InChI=1S/C17H20BrN/c1-17(2,3)15-6-4-14(5-7-15)16(18)12-13-8-10-19-11-9-13/h4-11,16H,12H2,1-3H3. The van der Waals surface area contributed by atoms with Crippen molar-refractivity contribution < 1.29 is 0 Å². The highest BCUT2D eigenvalue weighted by atomic mass is 79.9. The molecular weight excluding hydrogens is 298 g/mol. The number of alkyl halides is 1. The van der Waals surface area contributed by atoms with Gasteiger partial charge in [-0.15, -0.1) is 0 Å². The van der Waals surface area contributed by atoms with E-state index in [9.17, 15) is 0 Å². The van der Waals surface area contributed by atoms with E-state index in [1.54, 1.807) is 0 Å². The molecule has 0 saturated carbocycles. The first kappa shape index (κ1) is 14.3. The van der Waals surface area contributed by atoms with Crippen molar-refractivity contribution in [1.29, 1.82) is 0 Å². The van der Waals surface area contributed by atoms with Gasteiger partial charge in [-0.05, 0) is 40.7 Å². The van der Waals surface area contributed by atoms with Crippen molar-refractivity contribution in [2.45, 2.75) is 37.4 Å². The number of hydrogen-bond acceptors (Lipinski definition) is 1. The van der Waals surface area contributed by atoms with Gasteiger partial charge in [0.15, 0.2) is 0 Å². The van der Waals surface area contributed by atoms with Crippen molar-refractivity contribution in [3.63, 3.8) is 0 Å². The third-order valence-corrected chi connectivity index (χ3v) is 4.16. The van der Waals surface area contributed by atoms with Crippen LogP contribution in [0.2, 0.25) is 0 Å². The number of halogens is 1. The summed E-state index contributed by atoms with van der Waals surface area (Å²) < 4.78 is 0.